The Morgan fingerprint density at radius 3 is 2.11 bits per heavy atom. The molecule has 1 rings (SSSR count). The summed E-state index contributed by atoms with van der Waals surface area (Å²) >= 11 is 23.9. The molecule has 0 saturated carbocycles. The standard InChI is InChI=1S/C11H10Cl4N2O2/c12-7-6(5-16)8(13)10(15)11(9(7)14)17-1-3-19-4-2-18/h17-18H,1-4H2. The highest BCUT2D eigenvalue weighted by Crippen LogP contribution is 2.44. The van der Waals surface area contributed by atoms with Crippen LogP contribution in [-0.2, 0) is 4.74 Å². The van der Waals surface area contributed by atoms with Crippen LogP contribution >= 0.6 is 46.4 Å². The fourth-order valence-electron chi connectivity index (χ4n) is 1.30. The lowest BCUT2D eigenvalue weighted by atomic mass is 10.2. The minimum absolute atomic E-state index is 0.0420. The molecule has 0 spiro atoms. The second-order valence-corrected chi connectivity index (χ2v) is 4.89. The molecule has 0 saturated heterocycles. The molecule has 104 valence electrons. The van der Waals surface area contributed by atoms with Crippen LogP contribution in [0.2, 0.25) is 20.1 Å². The van der Waals surface area contributed by atoms with Crippen molar-refractivity contribution < 1.29 is 9.84 Å². The molecule has 4 nitrogen and oxygen atoms in total. The molecule has 19 heavy (non-hydrogen) atoms. The molecule has 1 aromatic rings. The van der Waals surface area contributed by atoms with Crippen molar-refractivity contribution in [3.8, 4) is 6.07 Å². The normalized spacial score (nSPS) is 10.3. The van der Waals surface area contributed by atoms with Gasteiger partial charge in [0.05, 0.1) is 51.2 Å². The molecule has 0 unspecified atom stereocenters. The first kappa shape index (κ1) is 16.6. The van der Waals surface area contributed by atoms with Crippen LogP contribution in [0, 0.1) is 11.3 Å². The van der Waals surface area contributed by atoms with Gasteiger partial charge in [-0.05, 0) is 0 Å². The third-order valence-corrected chi connectivity index (χ3v) is 3.86. The monoisotopic (exact) mass is 342 g/mol. The van der Waals surface area contributed by atoms with Crippen LogP contribution in [0.3, 0.4) is 0 Å². The lowest BCUT2D eigenvalue weighted by molar-refractivity contribution is 0.0992. The van der Waals surface area contributed by atoms with Crippen molar-refractivity contribution in [1.29, 1.82) is 5.26 Å². The summed E-state index contributed by atoms with van der Waals surface area (Å²) in [4.78, 5) is 0. The van der Waals surface area contributed by atoms with Gasteiger partial charge in [-0.1, -0.05) is 46.4 Å². The van der Waals surface area contributed by atoms with Crippen LogP contribution < -0.4 is 5.32 Å². The molecule has 0 aromatic heterocycles. The maximum atomic E-state index is 8.91. The summed E-state index contributed by atoms with van der Waals surface area (Å²) in [6.45, 7) is 0.953. The second kappa shape index (κ2) is 8.01. The van der Waals surface area contributed by atoms with Gasteiger partial charge >= 0.3 is 0 Å². The van der Waals surface area contributed by atoms with E-state index >= 15 is 0 Å². The van der Waals surface area contributed by atoms with Gasteiger partial charge < -0.3 is 15.2 Å². The van der Waals surface area contributed by atoms with Crippen LogP contribution in [0.25, 0.3) is 0 Å². The van der Waals surface area contributed by atoms with Gasteiger partial charge in [0.2, 0.25) is 0 Å². The summed E-state index contributed by atoms with van der Waals surface area (Å²) in [7, 11) is 0. The summed E-state index contributed by atoms with van der Waals surface area (Å²) in [5.41, 5.74) is 0.394. The van der Waals surface area contributed by atoms with Gasteiger partial charge in [0.1, 0.15) is 6.07 Å². The van der Waals surface area contributed by atoms with Crippen molar-refractivity contribution in [1.82, 2.24) is 0 Å². The predicted octanol–water partition coefficient (Wildman–Crippen LogP) is 3.59. The largest absolute Gasteiger partial charge is 0.394 e. The van der Waals surface area contributed by atoms with Gasteiger partial charge in [0, 0.05) is 6.54 Å². The SMILES string of the molecule is N#Cc1c(Cl)c(Cl)c(NCCOCCO)c(Cl)c1Cl. The van der Waals surface area contributed by atoms with Gasteiger partial charge in [0.25, 0.3) is 0 Å². The zero-order chi connectivity index (χ0) is 14.4. The zero-order valence-corrected chi connectivity index (χ0v) is 12.7. The van der Waals surface area contributed by atoms with Gasteiger partial charge in [-0.25, -0.2) is 0 Å². The summed E-state index contributed by atoms with van der Waals surface area (Å²) in [5.74, 6) is 0. The highest BCUT2D eigenvalue weighted by Gasteiger charge is 2.19. The van der Waals surface area contributed by atoms with Crippen molar-refractivity contribution in [2.24, 2.45) is 0 Å². The lowest BCUT2D eigenvalue weighted by Crippen LogP contribution is -2.12. The predicted molar refractivity (Wildman–Crippen MR) is 77.6 cm³/mol. The molecule has 2 N–H and O–H groups in total. The minimum Gasteiger partial charge on any atom is -0.394 e. The van der Waals surface area contributed by atoms with Crippen molar-refractivity contribution in [2.45, 2.75) is 0 Å². The number of hydrogen-bond acceptors (Lipinski definition) is 4. The van der Waals surface area contributed by atoms with Crippen molar-refractivity contribution in [3.63, 3.8) is 0 Å². The number of nitriles is 1. The van der Waals surface area contributed by atoms with E-state index in [1.54, 1.807) is 0 Å². The smallest absolute Gasteiger partial charge is 0.102 e. The average molecular weight is 344 g/mol. The molecule has 0 radical (unpaired) electrons. The maximum absolute atomic E-state index is 8.91. The number of aliphatic hydroxyl groups is 1. The highest BCUT2D eigenvalue weighted by atomic mass is 35.5. The molecule has 0 bridgehead atoms. The Labute approximate surface area is 130 Å². The van der Waals surface area contributed by atoms with E-state index < -0.39 is 0 Å². The first-order chi connectivity index (χ1) is 9.04. The molecule has 0 fully saturated rings. The molecule has 0 aliphatic heterocycles. The first-order valence-corrected chi connectivity index (χ1v) is 6.74. The number of hydrogen-bond donors (Lipinski definition) is 2. The average Bonchev–Trinajstić information content (AvgIpc) is 2.40. The van der Waals surface area contributed by atoms with E-state index in [-0.39, 0.29) is 38.9 Å². The Morgan fingerprint density at radius 1 is 1.05 bits per heavy atom. The second-order valence-electron chi connectivity index (χ2n) is 3.38. The van der Waals surface area contributed by atoms with Gasteiger partial charge in [0.15, 0.2) is 0 Å². The van der Waals surface area contributed by atoms with Crippen molar-refractivity contribution in [3.05, 3.63) is 25.7 Å². The van der Waals surface area contributed by atoms with E-state index in [2.05, 4.69) is 5.32 Å². The fourth-order valence-corrected chi connectivity index (χ4v) is 2.37. The molecule has 8 heteroatoms. The van der Waals surface area contributed by atoms with Crippen LogP contribution in [0.15, 0.2) is 0 Å². The minimum atomic E-state index is -0.0456. The molecular weight excluding hydrogens is 334 g/mol. The topological polar surface area (TPSA) is 65.3 Å². The zero-order valence-electron chi connectivity index (χ0n) is 9.64. The third-order valence-electron chi connectivity index (χ3n) is 2.16. The van der Waals surface area contributed by atoms with Crippen LogP contribution in [-0.4, -0.2) is 31.5 Å². The summed E-state index contributed by atoms with van der Waals surface area (Å²) in [6.07, 6.45) is 0. The fraction of sp³-hybridized carbons (Fsp3) is 0.364. The van der Waals surface area contributed by atoms with E-state index in [1.165, 1.54) is 0 Å². The Bertz CT molecular complexity index is 473. The number of halogens is 4. The van der Waals surface area contributed by atoms with Gasteiger partial charge in [-0.15, -0.1) is 0 Å². The Morgan fingerprint density at radius 2 is 1.63 bits per heavy atom. The molecule has 0 aliphatic rings. The van der Waals surface area contributed by atoms with E-state index in [4.69, 9.17) is 61.5 Å². The quantitative estimate of drug-likeness (QED) is 0.612. The van der Waals surface area contributed by atoms with Crippen LogP contribution in [0.1, 0.15) is 5.56 Å². The molecule has 0 heterocycles. The maximum Gasteiger partial charge on any atom is 0.102 e. The number of nitrogens with one attached hydrogen (secondary N) is 1. The number of aliphatic hydroxyl groups excluding tert-OH is 1. The number of rotatable bonds is 6. The van der Waals surface area contributed by atoms with Crippen molar-refractivity contribution in [2.75, 3.05) is 31.7 Å². The number of benzene rings is 1. The van der Waals surface area contributed by atoms with Gasteiger partial charge in [-0.2, -0.15) is 5.26 Å². The molecule has 0 amide bonds. The van der Waals surface area contributed by atoms with Crippen LogP contribution in [0.5, 0.6) is 0 Å². The molecule has 0 aliphatic carbocycles. The van der Waals surface area contributed by atoms with E-state index in [1.807, 2.05) is 6.07 Å². The third kappa shape index (κ3) is 4.03. The Balaban J connectivity index is 2.88. The van der Waals surface area contributed by atoms with Crippen molar-refractivity contribution >= 4 is 52.1 Å². The summed E-state index contributed by atoms with van der Waals surface area (Å²) < 4.78 is 5.07. The van der Waals surface area contributed by atoms with E-state index in [9.17, 15) is 0 Å². The Kier molecular flexibility index (Phi) is 7.01. The first-order valence-electron chi connectivity index (χ1n) is 5.23. The molecule has 0 atom stereocenters. The highest BCUT2D eigenvalue weighted by molar-refractivity contribution is 6.51. The van der Waals surface area contributed by atoms with E-state index in [0.717, 1.165) is 0 Å². The number of ether oxygens (including phenoxy) is 1. The summed E-state index contributed by atoms with van der Waals surface area (Å²) in [5, 5.41) is 20.8. The number of nitrogens with zero attached hydrogens (tertiary/aromatic N) is 1. The van der Waals surface area contributed by atoms with Crippen LogP contribution in [0.4, 0.5) is 5.69 Å². The Hall–Kier alpha value is -0.410. The van der Waals surface area contributed by atoms with E-state index in [0.29, 0.717) is 18.8 Å². The lowest BCUT2D eigenvalue weighted by Gasteiger charge is -2.14. The van der Waals surface area contributed by atoms with Gasteiger partial charge in [-0.3, -0.25) is 0 Å². The molecular formula is C11H10Cl4N2O2. The molecule has 1 aromatic carbocycles. The summed E-state index contributed by atoms with van der Waals surface area (Å²) in [6, 6.07) is 1.84. The number of anilines is 1.